The predicted octanol–water partition coefficient (Wildman–Crippen LogP) is 2.25. The summed E-state index contributed by atoms with van der Waals surface area (Å²) in [7, 11) is 2.24. The lowest BCUT2D eigenvalue weighted by atomic mass is 9.91. The van der Waals surface area contributed by atoms with Gasteiger partial charge in [-0.25, -0.2) is 0 Å². The fourth-order valence-electron chi connectivity index (χ4n) is 2.42. The number of unbranched alkanes of at least 4 members (excludes halogenated alkanes) is 1. The minimum absolute atomic E-state index is 0.445. The summed E-state index contributed by atoms with van der Waals surface area (Å²) in [6.07, 6.45) is 6.62. The van der Waals surface area contributed by atoms with E-state index in [0.717, 1.165) is 0 Å². The summed E-state index contributed by atoms with van der Waals surface area (Å²) in [4.78, 5) is 2.46. The zero-order valence-electron chi connectivity index (χ0n) is 10.1. The molecular weight excluding hydrogens is 172 g/mol. The molecule has 1 rings (SSSR count). The molecule has 1 saturated heterocycles. The molecule has 0 amide bonds. The third-order valence-corrected chi connectivity index (χ3v) is 3.30. The highest BCUT2D eigenvalue weighted by Crippen LogP contribution is 2.25. The lowest BCUT2D eigenvalue weighted by Gasteiger charge is -2.30. The average molecular weight is 198 g/mol. The maximum Gasteiger partial charge on any atom is 0.0320 e. The highest BCUT2D eigenvalue weighted by atomic mass is 15.2. The van der Waals surface area contributed by atoms with Crippen molar-refractivity contribution >= 4 is 0 Å². The molecule has 1 fully saturated rings. The number of likely N-dealkylation sites (tertiary alicyclic amines) is 1. The van der Waals surface area contributed by atoms with E-state index in [1.54, 1.807) is 0 Å². The maximum atomic E-state index is 3.77. The van der Waals surface area contributed by atoms with Crippen LogP contribution in [0.1, 0.15) is 46.0 Å². The first-order valence-electron chi connectivity index (χ1n) is 6.16. The fraction of sp³-hybridized carbons (Fsp3) is 1.00. The largest absolute Gasteiger partial charge is 0.310 e. The summed E-state index contributed by atoms with van der Waals surface area (Å²) in [6.45, 7) is 8.22. The number of nitrogens with one attached hydrogen (secondary N) is 1. The van der Waals surface area contributed by atoms with Crippen LogP contribution in [0.15, 0.2) is 0 Å². The second-order valence-electron chi connectivity index (χ2n) is 4.80. The van der Waals surface area contributed by atoms with Crippen LogP contribution in [0.4, 0.5) is 0 Å². The molecule has 1 aliphatic rings. The van der Waals surface area contributed by atoms with Crippen LogP contribution in [0.25, 0.3) is 0 Å². The second kappa shape index (κ2) is 5.72. The highest BCUT2D eigenvalue weighted by molar-refractivity contribution is 4.95. The molecule has 0 aromatic rings. The molecule has 0 bridgehead atoms. The molecule has 1 aliphatic heterocycles. The van der Waals surface area contributed by atoms with E-state index < -0.39 is 0 Å². The first-order valence-corrected chi connectivity index (χ1v) is 6.16. The number of likely N-dealkylation sites (N-methyl/N-ethyl adjacent to an activating group) is 1. The van der Waals surface area contributed by atoms with Crippen LogP contribution < -0.4 is 5.32 Å². The van der Waals surface area contributed by atoms with Crippen LogP contribution in [0.2, 0.25) is 0 Å². The molecule has 0 radical (unpaired) electrons. The number of hydrogen-bond acceptors (Lipinski definition) is 2. The minimum Gasteiger partial charge on any atom is -0.310 e. The van der Waals surface area contributed by atoms with Gasteiger partial charge in [0.25, 0.3) is 0 Å². The summed E-state index contributed by atoms with van der Waals surface area (Å²) in [5, 5.41) is 3.77. The van der Waals surface area contributed by atoms with Crippen LogP contribution in [0, 0.1) is 0 Å². The number of nitrogens with zero attached hydrogens (tertiary/aromatic N) is 1. The number of hydrogen-bond donors (Lipinski definition) is 1. The van der Waals surface area contributed by atoms with Crippen molar-refractivity contribution in [3.05, 3.63) is 0 Å². The van der Waals surface area contributed by atoms with Crippen molar-refractivity contribution in [2.24, 2.45) is 0 Å². The Hall–Kier alpha value is -0.0800. The lowest BCUT2D eigenvalue weighted by Crippen LogP contribution is -2.47. The third kappa shape index (κ3) is 3.25. The summed E-state index contributed by atoms with van der Waals surface area (Å²) in [6, 6.07) is 0. The average Bonchev–Trinajstić information content (AvgIpc) is 2.55. The van der Waals surface area contributed by atoms with E-state index in [9.17, 15) is 0 Å². The molecule has 1 atom stereocenters. The van der Waals surface area contributed by atoms with Gasteiger partial charge in [-0.3, -0.25) is 0 Å². The van der Waals surface area contributed by atoms with E-state index in [4.69, 9.17) is 0 Å². The Balaban J connectivity index is 2.42. The van der Waals surface area contributed by atoms with Crippen LogP contribution in [0.3, 0.4) is 0 Å². The van der Waals surface area contributed by atoms with Crippen molar-refractivity contribution in [3.8, 4) is 0 Å². The molecule has 14 heavy (non-hydrogen) atoms. The Labute approximate surface area is 89.1 Å². The van der Waals surface area contributed by atoms with Gasteiger partial charge >= 0.3 is 0 Å². The molecule has 1 N–H and O–H groups in total. The molecule has 1 unspecified atom stereocenters. The summed E-state index contributed by atoms with van der Waals surface area (Å²) in [5.74, 6) is 0. The van der Waals surface area contributed by atoms with E-state index >= 15 is 0 Å². The van der Waals surface area contributed by atoms with Crippen molar-refractivity contribution in [1.82, 2.24) is 10.2 Å². The second-order valence-corrected chi connectivity index (χ2v) is 4.80. The zero-order valence-corrected chi connectivity index (χ0v) is 10.1. The first-order chi connectivity index (χ1) is 6.72. The van der Waals surface area contributed by atoms with Gasteiger partial charge in [0.2, 0.25) is 0 Å². The van der Waals surface area contributed by atoms with Crippen molar-refractivity contribution in [1.29, 1.82) is 0 Å². The van der Waals surface area contributed by atoms with Gasteiger partial charge in [-0.1, -0.05) is 26.7 Å². The van der Waals surface area contributed by atoms with E-state index in [0.29, 0.717) is 5.54 Å². The van der Waals surface area contributed by atoms with Crippen LogP contribution >= 0.6 is 0 Å². The van der Waals surface area contributed by atoms with Gasteiger partial charge < -0.3 is 10.2 Å². The molecule has 0 aromatic heterocycles. The van der Waals surface area contributed by atoms with Gasteiger partial charge in [0.15, 0.2) is 0 Å². The van der Waals surface area contributed by atoms with Gasteiger partial charge in [-0.15, -0.1) is 0 Å². The number of rotatable bonds is 6. The van der Waals surface area contributed by atoms with Gasteiger partial charge in [-0.2, -0.15) is 0 Å². The predicted molar refractivity (Wildman–Crippen MR) is 62.7 cm³/mol. The Kier molecular flexibility index (Phi) is 4.90. The highest BCUT2D eigenvalue weighted by Gasteiger charge is 2.34. The van der Waals surface area contributed by atoms with Crippen LogP contribution in [-0.2, 0) is 0 Å². The van der Waals surface area contributed by atoms with Crippen molar-refractivity contribution in [3.63, 3.8) is 0 Å². The molecule has 0 spiro atoms. The Bertz CT molecular complexity index is 148. The van der Waals surface area contributed by atoms with Gasteiger partial charge in [-0.05, 0) is 39.4 Å². The SMILES string of the molecule is CCCCC1(NCCC)CCN(C)C1. The quantitative estimate of drug-likeness (QED) is 0.704. The lowest BCUT2D eigenvalue weighted by molar-refractivity contribution is 0.287. The van der Waals surface area contributed by atoms with Crippen LogP contribution in [-0.4, -0.2) is 37.1 Å². The molecule has 1 heterocycles. The minimum atomic E-state index is 0.445. The van der Waals surface area contributed by atoms with Crippen molar-refractivity contribution in [2.45, 2.75) is 51.5 Å². The molecule has 0 saturated carbocycles. The molecule has 0 aliphatic carbocycles. The van der Waals surface area contributed by atoms with E-state index in [-0.39, 0.29) is 0 Å². The standard InChI is InChI=1S/C12H26N2/c1-4-6-7-12(13-9-5-2)8-10-14(3)11-12/h13H,4-11H2,1-3H3. The Morgan fingerprint density at radius 1 is 1.29 bits per heavy atom. The Morgan fingerprint density at radius 2 is 2.07 bits per heavy atom. The van der Waals surface area contributed by atoms with E-state index in [2.05, 4.69) is 31.1 Å². The van der Waals surface area contributed by atoms with Crippen molar-refractivity contribution in [2.75, 3.05) is 26.7 Å². The molecule has 2 heteroatoms. The summed E-state index contributed by atoms with van der Waals surface area (Å²) < 4.78 is 0. The topological polar surface area (TPSA) is 15.3 Å². The fourth-order valence-corrected chi connectivity index (χ4v) is 2.42. The third-order valence-electron chi connectivity index (χ3n) is 3.30. The molecular formula is C12H26N2. The molecule has 2 nitrogen and oxygen atoms in total. The van der Waals surface area contributed by atoms with Gasteiger partial charge in [0, 0.05) is 12.1 Å². The normalized spacial score (nSPS) is 28.5. The monoisotopic (exact) mass is 198 g/mol. The first kappa shape index (κ1) is 12.0. The van der Waals surface area contributed by atoms with E-state index in [1.807, 2.05) is 0 Å². The summed E-state index contributed by atoms with van der Waals surface area (Å²) >= 11 is 0. The summed E-state index contributed by atoms with van der Waals surface area (Å²) in [5.41, 5.74) is 0.445. The Morgan fingerprint density at radius 3 is 2.57 bits per heavy atom. The zero-order chi connectivity index (χ0) is 10.4. The van der Waals surface area contributed by atoms with E-state index in [1.165, 1.54) is 51.7 Å². The van der Waals surface area contributed by atoms with Crippen molar-refractivity contribution < 1.29 is 0 Å². The molecule has 84 valence electrons. The molecule has 0 aromatic carbocycles. The van der Waals surface area contributed by atoms with Gasteiger partial charge in [0.1, 0.15) is 0 Å². The smallest absolute Gasteiger partial charge is 0.0320 e. The van der Waals surface area contributed by atoms with Gasteiger partial charge in [0.05, 0.1) is 0 Å². The maximum absolute atomic E-state index is 3.77. The van der Waals surface area contributed by atoms with Crippen LogP contribution in [0.5, 0.6) is 0 Å².